The van der Waals surface area contributed by atoms with E-state index >= 15 is 0 Å². The Bertz CT molecular complexity index is 495. The molecule has 1 fully saturated rings. The molecule has 2 atom stereocenters. The third-order valence-corrected chi connectivity index (χ3v) is 3.15. The molecule has 0 aromatic carbocycles. The van der Waals surface area contributed by atoms with Gasteiger partial charge in [-0.3, -0.25) is 19.8 Å². The van der Waals surface area contributed by atoms with Gasteiger partial charge in [-0.15, -0.1) is 0 Å². The van der Waals surface area contributed by atoms with Gasteiger partial charge in [0.25, 0.3) is 5.91 Å². The van der Waals surface area contributed by atoms with Gasteiger partial charge >= 0.3 is 0 Å². The highest BCUT2D eigenvalue weighted by atomic mass is 16.6. The average molecular weight is 249 g/mol. The number of rotatable bonds is 3. The molecule has 2 bridgehead atoms. The quantitative estimate of drug-likeness (QED) is 0.690. The molecular weight excluding hydrogens is 234 g/mol. The van der Waals surface area contributed by atoms with Crippen LogP contribution in [0.25, 0.3) is 5.70 Å². The molecule has 1 aromatic rings. The van der Waals surface area contributed by atoms with Gasteiger partial charge in [0.1, 0.15) is 5.69 Å². The lowest BCUT2D eigenvalue weighted by molar-refractivity contribution is 0.0529. The maximum atomic E-state index is 11.8. The zero-order valence-electron chi connectivity index (χ0n) is 10.1. The molecule has 2 aliphatic rings. The number of nitrogens with zero attached hydrogens (tertiary/aromatic N) is 3. The summed E-state index contributed by atoms with van der Waals surface area (Å²) in [6.45, 7) is 2.69. The van der Waals surface area contributed by atoms with Gasteiger partial charge in [-0.25, -0.2) is 10.2 Å². The Morgan fingerprint density at radius 2 is 2.56 bits per heavy atom. The number of amides is 1. The van der Waals surface area contributed by atoms with Crippen molar-refractivity contribution >= 4 is 11.6 Å². The van der Waals surface area contributed by atoms with Crippen LogP contribution in [0.15, 0.2) is 18.3 Å². The topological polar surface area (TPSA) is 71.4 Å². The van der Waals surface area contributed by atoms with Crippen molar-refractivity contribution in [1.29, 1.82) is 0 Å². The molecule has 7 heteroatoms. The van der Waals surface area contributed by atoms with Gasteiger partial charge in [0, 0.05) is 25.8 Å². The summed E-state index contributed by atoms with van der Waals surface area (Å²) in [4.78, 5) is 18.7. The molecule has 1 amide bonds. The fourth-order valence-corrected chi connectivity index (χ4v) is 2.39. The Balaban J connectivity index is 1.89. The van der Waals surface area contributed by atoms with Crippen LogP contribution in [0.4, 0.5) is 0 Å². The minimum atomic E-state index is -0.295. The molecule has 7 nitrogen and oxygen atoms in total. The largest absolute Gasteiger partial charge is 0.297 e. The standard InChI is InChI=1S/C11H15N5O2/c1-18-14-11(17)10-2-3-13-16(10)9-4-8-5-15(6-9)7-12-8/h2-4,8,12H,5-7H2,1H3,(H,14,17). The first-order valence-corrected chi connectivity index (χ1v) is 5.82. The van der Waals surface area contributed by atoms with Crippen LogP contribution < -0.4 is 10.8 Å². The molecule has 0 saturated carbocycles. The van der Waals surface area contributed by atoms with Crippen molar-refractivity contribution in [3.05, 3.63) is 24.0 Å². The summed E-state index contributed by atoms with van der Waals surface area (Å²) >= 11 is 0. The molecule has 2 aliphatic heterocycles. The van der Waals surface area contributed by atoms with E-state index in [0.29, 0.717) is 11.7 Å². The van der Waals surface area contributed by atoms with Gasteiger partial charge in [0.2, 0.25) is 0 Å². The molecule has 2 N–H and O–H groups in total. The third kappa shape index (κ3) is 1.92. The predicted octanol–water partition coefficient (Wildman–Crippen LogP) is -0.740. The van der Waals surface area contributed by atoms with Crippen LogP contribution in [0.5, 0.6) is 0 Å². The van der Waals surface area contributed by atoms with Crippen molar-refractivity contribution in [2.24, 2.45) is 0 Å². The van der Waals surface area contributed by atoms with Gasteiger partial charge in [-0.1, -0.05) is 0 Å². The summed E-state index contributed by atoms with van der Waals surface area (Å²) in [6.07, 6.45) is 3.74. The van der Waals surface area contributed by atoms with E-state index in [9.17, 15) is 4.79 Å². The monoisotopic (exact) mass is 249 g/mol. The highest BCUT2D eigenvalue weighted by Gasteiger charge is 2.28. The Morgan fingerprint density at radius 1 is 1.67 bits per heavy atom. The lowest BCUT2D eigenvalue weighted by Crippen LogP contribution is -2.32. The number of hydrogen-bond donors (Lipinski definition) is 2. The number of fused-ring (bicyclic) bond motifs is 2. The molecule has 0 spiro atoms. The van der Waals surface area contributed by atoms with E-state index < -0.39 is 0 Å². The van der Waals surface area contributed by atoms with E-state index in [1.54, 1.807) is 16.9 Å². The van der Waals surface area contributed by atoms with Crippen molar-refractivity contribution in [3.8, 4) is 0 Å². The maximum absolute atomic E-state index is 11.8. The zero-order chi connectivity index (χ0) is 12.5. The summed E-state index contributed by atoms with van der Waals surface area (Å²) in [5, 5.41) is 7.58. The number of hydroxylamine groups is 1. The molecule has 96 valence electrons. The van der Waals surface area contributed by atoms with Crippen molar-refractivity contribution in [2.75, 3.05) is 26.9 Å². The molecule has 1 aromatic heterocycles. The van der Waals surface area contributed by atoms with Crippen LogP contribution in [0.2, 0.25) is 0 Å². The second-order valence-electron chi connectivity index (χ2n) is 4.40. The SMILES string of the molecule is CONC(=O)c1ccnn1C1=CC2CN(CN2)C1. The van der Waals surface area contributed by atoms with Gasteiger partial charge < -0.3 is 0 Å². The second-order valence-corrected chi connectivity index (χ2v) is 4.40. The lowest BCUT2D eigenvalue weighted by Gasteiger charge is -2.22. The average Bonchev–Trinajstić information content (AvgIpc) is 2.96. The number of nitrogens with one attached hydrogen (secondary N) is 2. The molecule has 0 radical (unpaired) electrons. The third-order valence-electron chi connectivity index (χ3n) is 3.15. The fraction of sp³-hybridized carbons (Fsp3) is 0.455. The number of carbonyl (C=O) groups is 1. The molecule has 2 unspecified atom stereocenters. The van der Waals surface area contributed by atoms with Gasteiger partial charge in [0.05, 0.1) is 19.0 Å². The van der Waals surface area contributed by atoms with Crippen LogP contribution in [-0.4, -0.2) is 53.5 Å². The van der Waals surface area contributed by atoms with Crippen LogP contribution >= 0.6 is 0 Å². The molecular formula is C11H15N5O2. The van der Waals surface area contributed by atoms with Crippen LogP contribution in [0.3, 0.4) is 0 Å². The van der Waals surface area contributed by atoms with E-state index in [1.807, 2.05) is 0 Å². The first-order chi connectivity index (χ1) is 8.78. The fourth-order valence-electron chi connectivity index (χ4n) is 2.39. The van der Waals surface area contributed by atoms with Gasteiger partial charge in [-0.2, -0.15) is 5.10 Å². The summed E-state index contributed by atoms with van der Waals surface area (Å²) < 4.78 is 1.67. The number of carbonyl (C=O) groups excluding carboxylic acids is 1. The van der Waals surface area contributed by atoms with Crippen molar-refractivity contribution in [3.63, 3.8) is 0 Å². The minimum absolute atomic E-state index is 0.295. The van der Waals surface area contributed by atoms with Crippen molar-refractivity contribution < 1.29 is 9.63 Å². The van der Waals surface area contributed by atoms with Crippen LogP contribution in [0.1, 0.15) is 10.5 Å². The Morgan fingerprint density at radius 3 is 3.33 bits per heavy atom. The number of hydrogen-bond acceptors (Lipinski definition) is 5. The molecule has 3 heterocycles. The molecule has 18 heavy (non-hydrogen) atoms. The maximum Gasteiger partial charge on any atom is 0.293 e. The van der Waals surface area contributed by atoms with Gasteiger partial charge in [0.15, 0.2) is 0 Å². The van der Waals surface area contributed by atoms with E-state index in [1.165, 1.54) is 7.11 Å². The predicted molar refractivity (Wildman–Crippen MR) is 64.3 cm³/mol. The summed E-state index contributed by atoms with van der Waals surface area (Å²) in [5.74, 6) is -0.295. The van der Waals surface area contributed by atoms with E-state index in [-0.39, 0.29) is 5.91 Å². The van der Waals surface area contributed by atoms with Gasteiger partial charge in [-0.05, 0) is 12.1 Å². The van der Waals surface area contributed by atoms with E-state index in [0.717, 1.165) is 25.5 Å². The lowest BCUT2D eigenvalue weighted by atomic mass is 10.2. The highest BCUT2D eigenvalue weighted by Crippen LogP contribution is 2.19. The van der Waals surface area contributed by atoms with Crippen molar-refractivity contribution in [2.45, 2.75) is 6.04 Å². The Kier molecular flexibility index (Phi) is 2.86. The summed E-state index contributed by atoms with van der Waals surface area (Å²) in [5.41, 5.74) is 3.80. The van der Waals surface area contributed by atoms with E-state index in [2.05, 4.69) is 31.7 Å². The zero-order valence-corrected chi connectivity index (χ0v) is 10.1. The van der Waals surface area contributed by atoms with Crippen LogP contribution in [0, 0.1) is 0 Å². The summed E-state index contributed by atoms with van der Waals surface area (Å²) in [6, 6.07) is 2.02. The smallest absolute Gasteiger partial charge is 0.293 e. The summed E-state index contributed by atoms with van der Waals surface area (Å²) in [7, 11) is 1.41. The minimum Gasteiger partial charge on any atom is -0.297 e. The first-order valence-electron chi connectivity index (χ1n) is 5.82. The van der Waals surface area contributed by atoms with Crippen LogP contribution in [-0.2, 0) is 4.84 Å². The molecule has 0 aliphatic carbocycles. The highest BCUT2D eigenvalue weighted by molar-refractivity contribution is 5.92. The molecule has 3 rings (SSSR count). The Hall–Kier alpha value is -1.70. The second kappa shape index (κ2) is 4.52. The van der Waals surface area contributed by atoms with E-state index in [4.69, 9.17) is 0 Å². The first kappa shape index (κ1) is 11.4. The Labute approximate surface area is 104 Å². The van der Waals surface area contributed by atoms with Crippen molar-refractivity contribution in [1.82, 2.24) is 25.5 Å². The normalized spacial score (nSPS) is 25.9. The number of aromatic nitrogens is 2. The molecule has 1 saturated heterocycles.